The summed E-state index contributed by atoms with van der Waals surface area (Å²) in [6.07, 6.45) is 1.15. The third kappa shape index (κ3) is 2.86. The Morgan fingerprint density at radius 3 is 2.68 bits per heavy atom. The third-order valence-electron chi connectivity index (χ3n) is 3.89. The van der Waals surface area contributed by atoms with Gasteiger partial charge in [-0.25, -0.2) is 0 Å². The average Bonchev–Trinajstić information content (AvgIpc) is 2.79. The van der Waals surface area contributed by atoms with Crippen molar-refractivity contribution in [2.75, 3.05) is 26.3 Å². The first kappa shape index (κ1) is 15.0. The van der Waals surface area contributed by atoms with Crippen LogP contribution in [0.15, 0.2) is 10.7 Å². The molecule has 5 nitrogen and oxygen atoms in total. The molecule has 1 aromatic rings. The van der Waals surface area contributed by atoms with Gasteiger partial charge in [-0.1, -0.05) is 0 Å². The number of rotatable bonds is 4. The molecule has 1 aliphatic rings. The Kier molecular flexibility index (Phi) is 4.66. The Hall–Kier alpha value is -0.430. The van der Waals surface area contributed by atoms with E-state index in [1.54, 1.807) is 6.20 Å². The highest BCUT2D eigenvalue weighted by Crippen LogP contribution is 2.35. The van der Waals surface area contributed by atoms with Crippen molar-refractivity contribution in [3.8, 4) is 0 Å². The van der Waals surface area contributed by atoms with E-state index in [9.17, 15) is 5.11 Å². The summed E-state index contributed by atoms with van der Waals surface area (Å²) in [4.78, 5) is 2.28. The van der Waals surface area contributed by atoms with Gasteiger partial charge >= 0.3 is 0 Å². The summed E-state index contributed by atoms with van der Waals surface area (Å²) in [5.41, 5.74) is 0.498. The highest BCUT2D eigenvalue weighted by molar-refractivity contribution is 9.10. The molecule has 1 unspecified atom stereocenters. The van der Waals surface area contributed by atoms with E-state index in [0.717, 1.165) is 43.0 Å². The molecule has 1 saturated heterocycles. The minimum absolute atomic E-state index is 0.348. The minimum Gasteiger partial charge on any atom is -0.385 e. The summed E-state index contributed by atoms with van der Waals surface area (Å²) < 4.78 is 8.09. The van der Waals surface area contributed by atoms with Gasteiger partial charge in [0.05, 0.1) is 29.6 Å². The SMILES string of the molecule is CCn1ncc(Br)c1C(O)C(C)(C)N1CCOCC1. The number of hydrogen-bond donors (Lipinski definition) is 1. The monoisotopic (exact) mass is 331 g/mol. The fourth-order valence-electron chi connectivity index (χ4n) is 2.54. The predicted molar refractivity (Wildman–Crippen MR) is 77.0 cm³/mol. The van der Waals surface area contributed by atoms with Crippen LogP contribution in [0, 0.1) is 0 Å². The lowest BCUT2D eigenvalue weighted by atomic mass is 9.92. The second kappa shape index (κ2) is 5.91. The van der Waals surface area contributed by atoms with E-state index in [1.807, 2.05) is 11.6 Å². The Bertz CT molecular complexity index is 428. The summed E-state index contributed by atoms with van der Waals surface area (Å²) in [7, 11) is 0. The van der Waals surface area contributed by atoms with Gasteiger partial charge in [0.1, 0.15) is 6.10 Å². The number of ether oxygens (including phenoxy) is 1. The van der Waals surface area contributed by atoms with Crippen LogP contribution in [0.5, 0.6) is 0 Å². The molecule has 0 bridgehead atoms. The third-order valence-corrected chi connectivity index (χ3v) is 4.50. The maximum absolute atomic E-state index is 10.8. The van der Waals surface area contributed by atoms with Crippen molar-refractivity contribution in [3.05, 3.63) is 16.4 Å². The van der Waals surface area contributed by atoms with Crippen LogP contribution in [0.1, 0.15) is 32.6 Å². The molecule has 6 heteroatoms. The molecule has 1 fully saturated rings. The van der Waals surface area contributed by atoms with E-state index in [2.05, 4.69) is 39.8 Å². The lowest BCUT2D eigenvalue weighted by Crippen LogP contribution is -2.53. The van der Waals surface area contributed by atoms with Crippen LogP contribution >= 0.6 is 15.9 Å². The van der Waals surface area contributed by atoms with Crippen LogP contribution in [-0.4, -0.2) is 51.6 Å². The van der Waals surface area contributed by atoms with Crippen LogP contribution in [0.25, 0.3) is 0 Å². The molecule has 0 saturated carbocycles. The van der Waals surface area contributed by atoms with Crippen molar-refractivity contribution in [2.24, 2.45) is 0 Å². The van der Waals surface area contributed by atoms with Crippen LogP contribution < -0.4 is 0 Å². The topological polar surface area (TPSA) is 50.5 Å². The number of morpholine rings is 1. The Balaban J connectivity index is 2.25. The molecule has 108 valence electrons. The highest BCUT2D eigenvalue weighted by Gasteiger charge is 2.38. The van der Waals surface area contributed by atoms with Gasteiger partial charge in [0.15, 0.2) is 0 Å². The molecule has 2 rings (SSSR count). The molecule has 0 amide bonds. The zero-order valence-electron chi connectivity index (χ0n) is 11.8. The Morgan fingerprint density at radius 2 is 2.11 bits per heavy atom. The quantitative estimate of drug-likeness (QED) is 0.914. The lowest BCUT2D eigenvalue weighted by Gasteiger charge is -2.43. The predicted octanol–water partition coefficient (Wildman–Crippen LogP) is 1.81. The first-order valence-electron chi connectivity index (χ1n) is 6.70. The second-order valence-electron chi connectivity index (χ2n) is 5.35. The molecule has 19 heavy (non-hydrogen) atoms. The average molecular weight is 332 g/mol. The van der Waals surface area contributed by atoms with Gasteiger partial charge in [-0.05, 0) is 36.7 Å². The van der Waals surface area contributed by atoms with Crippen LogP contribution in [0.2, 0.25) is 0 Å². The van der Waals surface area contributed by atoms with Gasteiger partial charge in [0.2, 0.25) is 0 Å². The summed E-state index contributed by atoms with van der Waals surface area (Å²) in [6.45, 7) is 10.1. The number of aryl methyl sites for hydroxylation is 1. The van der Waals surface area contributed by atoms with Crippen molar-refractivity contribution in [1.29, 1.82) is 0 Å². The summed E-state index contributed by atoms with van der Waals surface area (Å²) >= 11 is 3.49. The number of aliphatic hydroxyl groups excluding tert-OH is 1. The second-order valence-corrected chi connectivity index (χ2v) is 6.20. The maximum Gasteiger partial charge on any atom is 0.114 e. The first-order chi connectivity index (χ1) is 8.98. The first-order valence-corrected chi connectivity index (χ1v) is 7.49. The Labute approximate surface area is 122 Å². The van der Waals surface area contributed by atoms with E-state index in [0.29, 0.717) is 0 Å². The number of aliphatic hydroxyl groups is 1. The Morgan fingerprint density at radius 1 is 1.47 bits per heavy atom. The highest BCUT2D eigenvalue weighted by atomic mass is 79.9. The normalized spacial score (nSPS) is 19.6. The van der Waals surface area contributed by atoms with Crippen LogP contribution in [0.3, 0.4) is 0 Å². The molecule has 0 aliphatic carbocycles. The molecule has 0 spiro atoms. The summed E-state index contributed by atoms with van der Waals surface area (Å²) in [6, 6.07) is 0. The minimum atomic E-state index is -0.595. The largest absolute Gasteiger partial charge is 0.385 e. The van der Waals surface area contributed by atoms with Gasteiger partial charge in [0, 0.05) is 25.2 Å². The van der Waals surface area contributed by atoms with Crippen molar-refractivity contribution in [3.63, 3.8) is 0 Å². The van der Waals surface area contributed by atoms with Crippen molar-refractivity contribution < 1.29 is 9.84 Å². The van der Waals surface area contributed by atoms with Crippen LogP contribution in [-0.2, 0) is 11.3 Å². The number of halogens is 1. The van der Waals surface area contributed by atoms with Gasteiger partial charge in [-0.2, -0.15) is 5.10 Å². The van der Waals surface area contributed by atoms with Crippen molar-refractivity contribution in [2.45, 2.75) is 39.0 Å². The number of hydrogen-bond acceptors (Lipinski definition) is 4. The molecule has 1 aliphatic heterocycles. The van der Waals surface area contributed by atoms with Gasteiger partial charge in [0.25, 0.3) is 0 Å². The molecule has 0 aromatic carbocycles. The molecular formula is C13H22BrN3O2. The zero-order chi connectivity index (χ0) is 14.0. The maximum atomic E-state index is 10.8. The van der Waals surface area contributed by atoms with E-state index < -0.39 is 6.10 Å². The van der Waals surface area contributed by atoms with E-state index >= 15 is 0 Å². The van der Waals surface area contributed by atoms with Crippen molar-refractivity contribution >= 4 is 15.9 Å². The molecule has 1 atom stereocenters. The van der Waals surface area contributed by atoms with E-state index in [1.165, 1.54) is 0 Å². The van der Waals surface area contributed by atoms with Crippen molar-refractivity contribution in [1.82, 2.24) is 14.7 Å². The molecule has 0 radical (unpaired) electrons. The number of nitrogens with zero attached hydrogens (tertiary/aromatic N) is 3. The smallest absolute Gasteiger partial charge is 0.114 e. The van der Waals surface area contributed by atoms with Gasteiger partial charge in [-0.3, -0.25) is 9.58 Å². The van der Waals surface area contributed by atoms with Gasteiger partial charge in [-0.15, -0.1) is 0 Å². The van der Waals surface area contributed by atoms with Gasteiger partial charge < -0.3 is 9.84 Å². The van der Waals surface area contributed by atoms with E-state index in [-0.39, 0.29) is 5.54 Å². The molecular weight excluding hydrogens is 310 g/mol. The lowest BCUT2D eigenvalue weighted by molar-refractivity contribution is -0.0656. The summed E-state index contributed by atoms with van der Waals surface area (Å²) in [5, 5.41) is 15.1. The zero-order valence-corrected chi connectivity index (χ0v) is 13.4. The molecule has 2 heterocycles. The molecule has 1 aromatic heterocycles. The number of aromatic nitrogens is 2. The standard InChI is InChI=1S/C13H22BrN3O2/c1-4-17-11(10(14)9-15-17)12(18)13(2,3)16-5-7-19-8-6-16/h9,12,18H,4-8H2,1-3H3. The fraction of sp³-hybridized carbons (Fsp3) is 0.769. The van der Waals surface area contributed by atoms with E-state index in [4.69, 9.17) is 4.74 Å². The fourth-order valence-corrected chi connectivity index (χ4v) is 3.06. The molecule has 1 N–H and O–H groups in total. The van der Waals surface area contributed by atoms with Crippen LogP contribution in [0.4, 0.5) is 0 Å². The summed E-state index contributed by atoms with van der Waals surface area (Å²) in [5.74, 6) is 0.